The molecule has 0 spiro atoms. The molecule has 16 heavy (non-hydrogen) atoms. The summed E-state index contributed by atoms with van der Waals surface area (Å²) < 4.78 is 0. The third kappa shape index (κ3) is 0.627. The second-order valence-electron chi connectivity index (χ2n) is 6.07. The van der Waals surface area contributed by atoms with E-state index >= 15 is 0 Å². The molecular weight excluding hydrogens is 194 g/mol. The van der Waals surface area contributed by atoms with Crippen LogP contribution >= 0.6 is 0 Å². The molecule has 3 saturated carbocycles. The monoisotopic (exact) mass is 207 g/mol. The average molecular weight is 207 g/mol. The summed E-state index contributed by atoms with van der Waals surface area (Å²) in [6.07, 6.45) is 2.93. The predicted molar refractivity (Wildman–Crippen MR) is 59.8 cm³/mol. The van der Waals surface area contributed by atoms with Gasteiger partial charge in [0.2, 0.25) is 0 Å². The molecule has 0 saturated heterocycles. The van der Waals surface area contributed by atoms with E-state index in [0.717, 1.165) is 41.1 Å². The predicted octanol–water partition coefficient (Wildman–Crippen LogP) is 3.02. The lowest BCUT2D eigenvalue weighted by molar-refractivity contribution is 0.166. The van der Waals surface area contributed by atoms with Gasteiger partial charge in [-0.25, -0.2) is 0 Å². The molecule has 1 aromatic rings. The SMILES string of the molecule is N#Cc1ccc2c(c1)[C@@H]1[C@@H]3CC[C@@H]3[C@@H]3[C@@H]2[C@H]13. The Balaban J connectivity index is 1.73. The Morgan fingerprint density at radius 3 is 2.62 bits per heavy atom. The Hall–Kier alpha value is -1.29. The standard InChI is InChI=1S/C15H13N/c16-6-7-1-2-10-11(5-7)12-8-3-4-9(8)13-14(10)15(12)13/h1-2,5,8-9,12-15H,3-4H2/t8-,9+,12+,13-,14-,15-/m1/s1. The lowest BCUT2D eigenvalue weighted by Crippen LogP contribution is -2.26. The molecule has 1 heteroatoms. The van der Waals surface area contributed by atoms with E-state index < -0.39 is 0 Å². The molecule has 4 aliphatic rings. The van der Waals surface area contributed by atoms with Gasteiger partial charge in [-0.1, -0.05) is 6.07 Å². The lowest BCUT2D eigenvalue weighted by Gasteiger charge is -2.36. The molecule has 1 nitrogen and oxygen atoms in total. The summed E-state index contributed by atoms with van der Waals surface area (Å²) in [6, 6.07) is 8.73. The van der Waals surface area contributed by atoms with Crippen molar-refractivity contribution in [1.82, 2.24) is 0 Å². The van der Waals surface area contributed by atoms with Crippen LogP contribution in [-0.4, -0.2) is 0 Å². The summed E-state index contributed by atoms with van der Waals surface area (Å²) >= 11 is 0. The summed E-state index contributed by atoms with van der Waals surface area (Å²) in [4.78, 5) is 0. The fraction of sp³-hybridized carbons (Fsp3) is 0.533. The number of hydrogen-bond donors (Lipinski definition) is 0. The number of nitrogens with zero attached hydrogens (tertiary/aromatic N) is 1. The quantitative estimate of drug-likeness (QED) is 0.641. The molecule has 0 heterocycles. The highest BCUT2D eigenvalue weighted by Gasteiger charge is 2.73. The fourth-order valence-corrected chi connectivity index (χ4v) is 5.22. The van der Waals surface area contributed by atoms with Crippen LogP contribution in [0.2, 0.25) is 0 Å². The Morgan fingerprint density at radius 2 is 1.88 bits per heavy atom. The zero-order valence-corrected chi connectivity index (χ0v) is 9.06. The van der Waals surface area contributed by atoms with Crippen molar-refractivity contribution in [3.8, 4) is 6.07 Å². The van der Waals surface area contributed by atoms with E-state index in [-0.39, 0.29) is 0 Å². The van der Waals surface area contributed by atoms with E-state index in [9.17, 15) is 0 Å². The second kappa shape index (κ2) is 2.20. The number of fused-ring (bicyclic) bond motifs is 7. The zero-order chi connectivity index (χ0) is 10.4. The summed E-state index contributed by atoms with van der Waals surface area (Å²) in [7, 11) is 0. The lowest BCUT2D eigenvalue weighted by atomic mass is 9.69. The minimum absolute atomic E-state index is 0.844. The molecule has 0 unspecified atom stereocenters. The van der Waals surface area contributed by atoms with Crippen molar-refractivity contribution < 1.29 is 0 Å². The third-order valence-corrected chi connectivity index (χ3v) is 5.82. The normalized spacial score (nSPS) is 48.7. The van der Waals surface area contributed by atoms with E-state index in [2.05, 4.69) is 18.2 Å². The second-order valence-corrected chi connectivity index (χ2v) is 6.07. The van der Waals surface area contributed by atoms with E-state index in [4.69, 9.17) is 5.26 Å². The van der Waals surface area contributed by atoms with E-state index in [1.807, 2.05) is 6.07 Å². The molecular formula is C15H13N. The molecule has 3 fully saturated rings. The third-order valence-electron chi connectivity index (χ3n) is 5.82. The summed E-state index contributed by atoms with van der Waals surface area (Å²) in [6.45, 7) is 0. The largest absolute Gasteiger partial charge is 0.192 e. The van der Waals surface area contributed by atoms with Crippen LogP contribution in [0.5, 0.6) is 0 Å². The Kier molecular flexibility index (Phi) is 1.09. The van der Waals surface area contributed by atoms with Crippen molar-refractivity contribution in [3.63, 3.8) is 0 Å². The van der Waals surface area contributed by atoms with Crippen molar-refractivity contribution in [3.05, 3.63) is 34.9 Å². The molecule has 78 valence electrons. The van der Waals surface area contributed by atoms with Gasteiger partial charge in [-0.15, -0.1) is 0 Å². The van der Waals surface area contributed by atoms with Gasteiger partial charge in [-0.2, -0.15) is 5.26 Å². The van der Waals surface area contributed by atoms with Crippen LogP contribution in [0.25, 0.3) is 0 Å². The maximum Gasteiger partial charge on any atom is 0.0991 e. The van der Waals surface area contributed by atoms with E-state index in [0.29, 0.717) is 0 Å². The minimum atomic E-state index is 0.844. The first-order valence-corrected chi connectivity index (χ1v) is 6.44. The zero-order valence-electron chi connectivity index (χ0n) is 9.06. The first-order chi connectivity index (χ1) is 7.90. The van der Waals surface area contributed by atoms with Crippen molar-refractivity contribution in [2.75, 3.05) is 0 Å². The molecule has 0 aromatic heterocycles. The van der Waals surface area contributed by atoms with Gasteiger partial charge in [-0.05, 0) is 71.6 Å². The van der Waals surface area contributed by atoms with Crippen LogP contribution in [0.4, 0.5) is 0 Å². The highest BCUT2D eigenvalue weighted by atomic mass is 14.8. The van der Waals surface area contributed by atoms with Gasteiger partial charge in [-0.3, -0.25) is 0 Å². The first-order valence-electron chi connectivity index (χ1n) is 6.44. The van der Waals surface area contributed by atoms with Gasteiger partial charge < -0.3 is 0 Å². The number of benzene rings is 1. The van der Waals surface area contributed by atoms with Crippen LogP contribution in [0.1, 0.15) is 41.4 Å². The Labute approximate surface area is 95.1 Å². The summed E-state index contributed by atoms with van der Waals surface area (Å²) in [5.74, 6) is 5.82. The number of rotatable bonds is 0. The van der Waals surface area contributed by atoms with Crippen molar-refractivity contribution in [2.24, 2.45) is 23.7 Å². The van der Waals surface area contributed by atoms with Crippen LogP contribution in [0.15, 0.2) is 18.2 Å². The Morgan fingerprint density at radius 1 is 1.00 bits per heavy atom. The molecule has 4 aliphatic carbocycles. The van der Waals surface area contributed by atoms with Crippen molar-refractivity contribution in [1.29, 1.82) is 5.26 Å². The molecule has 0 amide bonds. The molecule has 0 radical (unpaired) electrons. The maximum absolute atomic E-state index is 9.00. The van der Waals surface area contributed by atoms with Gasteiger partial charge in [0.1, 0.15) is 0 Å². The van der Waals surface area contributed by atoms with Gasteiger partial charge >= 0.3 is 0 Å². The highest BCUT2D eigenvalue weighted by Crippen LogP contribution is 2.81. The Bertz CT molecular complexity index is 553. The molecule has 5 rings (SSSR count). The molecule has 0 bridgehead atoms. The molecule has 1 aromatic carbocycles. The highest BCUT2D eigenvalue weighted by molar-refractivity contribution is 5.54. The summed E-state index contributed by atoms with van der Waals surface area (Å²) in [5.41, 5.74) is 4.02. The molecule has 6 atom stereocenters. The fourth-order valence-electron chi connectivity index (χ4n) is 5.22. The smallest absolute Gasteiger partial charge is 0.0991 e. The molecule has 0 N–H and O–H groups in total. The van der Waals surface area contributed by atoms with Crippen LogP contribution < -0.4 is 0 Å². The maximum atomic E-state index is 9.00. The van der Waals surface area contributed by atoms with Gasteiger partial charge in [0.25, 0.3) is 0 Å². The van der Waals surface area contributed by atoms with E-state index in [1.165, 1.54) is 12.8 Å². The van der Waals surface area contributed by atoms with Crippen LogP contribution in [0, 0.1) is 35.0 Å². The number of hydrogen-bond acceptors (Lipinski definition) is 1. The molecule has 0 aliphatic heterocycles. The first kappa shape index (κ1) is 7.90. The average Bonchev–Trinajstić information content (AvgIpc) is 2.81. The minimum Gasteiger partial charge on any atom is -0.192 e. The van der Waals surface area contributed by atoms with Gasteiger partial charge in [0.15, 0.2) is 0 Å². The summed E-state index contributed by atoms with van der Waals surface area (Å²) in [5, 5.41) is 9.00. The van der Waals surface area contributed by atoms with E-state index in [1.54, 1.807) is 11.1 Å². The van der Waals surface area contributed by atoms with Crippen molar-refractivity contribution in [2.45, 2.75) is 24.7 Å². The van der Waals surface area contributed by atoms with Crippen LogP contribution in [-0.2, 0) is 0 Å². The topological polar surface area (TPSA) is 23.8 Å². The van der Waals surface area contributed by atoms with Crippen molar-refractivity contribution >= 4 is 0 Å². The van der Waals surface area contributed by atoms with Crippen LogP contribution in [0.3, 0.4) is 0 Å². The van der Waals surface area contributed by atoms with Gasteiger partial charge in [0.05, 0.1) is 11.6 Å². The van der Waals surface area contributed by atoms with Gasteiger partial charge in [0, 0.05) is 0 Å². The number of nitriles is 1.